The number of fused-ring (bicyclic) bond motifs is 1. The Labute approximate surface area is 119 Å². The number of nitrogens with zero attached hydrogens (tertiary/aromatic N) is 2. The molecular weight excluding hydrogens is 254 g/mol. The molecule has 0 amide bonds. The van der Waals surface area contributed by atoms with Crippen LogP contribution >= 0.6 is 0 Å². The Morgan fingerprint density at radius 1 is 1.20 bits per heavy atom. The quantitative estimate of drug-likeness (QED) is 0.766. The van der Waals surface area contributed by atoms with Crippen molar-refractivity contribution in [1.82, 2.24) is 4.90 Å². The van der Waals surface area contributed by atoms with Crippen molar-refractivity contribution in [3.63, 3.8) is 0 Å². The molecule has 1 aromatic carbocycles. The van der Waals surface area contributed by atoms with Crippen molar-refractivity contribution >= 4 is 11.4 Å². The van der Waals surface area contributed by atoms with Gasteiger partial charge in [0.05, 0.1) is 24.6 Å². The van der Waals surface area contributed by atoms with E-state index in [0.717, 1.165) is 62.9 Å². The molecule has 0 aliphatic carbocycles. The average Bonchev–Trinajstić information content (AvgIpc) is 2.76. The highest BCUT2D eigenvalue weighted by molar-refractivity contribution is 5.72. The van der Waals surface area contributed by atoms with E-state index in [0.29, 0.717) is 0 Å². The van der Waals surface area contributed by atoms with Crippen LogP contribution in [0.1, 0.15) is 5.56 Å². The van der Waals surface area contributed by atoms with Crippen molar-refractivity contribution in [3.8, 4) is 5.75 Å². The molecule has 2 fully saturated rings. The fraction of sp³-hybridized carbons (Fsp3) is 0.600. The van der Waals surface area contributed by atoms with Gasteiger partial charge in [0.1, 0.15) is 11.4 Å². The number of ether oxygens (including phenoxy) is 2. The second-order valence-corrected chi connectivity index (χ2v) is 6.25. The molecule has 20 heavy (non-hydrogen) atoms. The fourth-order valence-corrected chi connectivity index (χ4v) is 3.67. The van der Waals surface area contributed by atoms with Gasteiger partial charge in [-0.2, -0.15) is 0 Å². The number of benzene rings is 1. The number of hydrogen-bond donors (Lipinski definition) is 1. The molecule has 2 saturated heterocycles. The first kappa shape index (κ1) is 12.3. The molecule has 3 aliphatic heterocycles. The van der Waals surface area contributed by atoms with Crippen molar-refractivity contribution < 1.29 is 9.47 Å². The molecule has 0 radical (unpaired) electrons. The van der Waals surface area contributed by atoms with Crippen LogP contribution in [0.2, 0.25) is 0 Å². The summed E-state index contributed by atoms with van der Waals surface area (Å²) in [4.78, 5) is 4.58. The van der Waals surface area contributed by atoms with Crippen molar-refractivity contribution in [2.75, 3.05) is 57.1 Å². The van der Waals surface area contributed by atoms with Crippen molar-refractivity contribution in [2.45, 2.75) is 12.0 Å². The monoisotopic (exact) mass is 275 g/mol. The highest BCUT2D eigenvalue weighted by Gasteiger charge is 2.48. The molecule has 1 aromatic rings. The third-order valence-corrected chi connectivity index (χ3v) is 4.52. The second-order valence-electron chi connectivity index (χ2n) is 6.25. The van der Waals surface area contributed by atoms with E-state index in [-0.39, 0.29) is 5.60 Å². The SMILES string of the molecule is CN1CC2(Cc3cc(N)c(N4CCOCC4)cc3O2)C1. The zero-order chi connectivity index (χ0) is 13.7. The number of likely N-dealkylation sites (tertiary alicyclic amines) is 1. The highest BCUT2D eigenvalue weighted by Crippen LogP contribution is 2.43. The maximum absolute atomic E-state index is 6.25. The summed E-state index contributed by atoms with van der Waals surface area (Å²) in [5.41, 5.74) is 9.47. The summed E-state index contributed by atoms with van der Waals surface area (Å²) in [6, 6.07) is 4.23. The zero-order valence-corrected chi connectivity index (χ0v) is 11.9. The van der Waals surface area contributed by atoms with E-state index in [1.807, 2.05) is 0 Å². The number of rotatable bonds is 1. The molecule has 2 N–H and O–H groups in total. The standard InChI is InChI=1S/C15H21N3O2/c1-17-9-15(10-17)8-11-6-12(16)13(7-14(11)20-15)18-2-4-19-5-3-18/h6-7H,2-5,8-10,16H2,1H3. The van der Waals surface area contributed by atoms with Crippen LogP contribution in [0.25, 0.3) is 0 Å². The Morgan fingerprint density at radius 3 is 2.65 bits per heavy atom. The molecule has 0 aromatic heterocycles. The molecule has 108 valence electrons. The van der Waals surface area contributed by atoms with Gasteiger partial charge in [0.15, 0.2) is 0 Å². The van der Waals surface area contributed by atoms with E-state index >= 15 is 0 Å². The lowest BCUT2D eigenvalue weighted by atomic mass is 9.89. The molecule has 0 saturated carbocycles. The lowest BCUT2D eigenvalue weighted by molar-refractivity contribution is -0.0481. The predicted octanol–water partition coefficient (Wildman–Crippen LogP) is 0.725. The summed E-state index contributed by atoms with van der Waals surface area (Å²) in [7, 11) is 2.13. The van der Waals surface area contributed by atoms with E-state index in [1.54, 1.807) is 0 Å². The van der Waals surface area contributed by atoms with Crippen molar-refractivity contribution in [3.05, 3.63) is 17.7 Å². The topological polar surface area (TPSA) is 51.0 Å². The van der Waals surface area contributed by atoms with Gasteiger partial charge in [-0.1, -0.05) is 0 Å². The van der Waals surface area contributed by atoms with Gasteiger partial charge in [0, 0.05) is 44.2 Å². The Bertz CT molecular complexity index is 534. The van der Waals surface area contributed by atoms with Crippen LogP contribution < -0.4 is 15.4 Å². The molecule has 1 spiro atoms. The minimum absolute atomic E-state index is 0.00710. The Morgan fingerprint density at radius 2 is 1.95 bits per heavy atom. The number of hydrogen-bond acceptors (Lipinski definition) is 5. The highest BCUT2D eigenvalue weighted by atomic mass is 16.5. The van der Waals surface area contributed by atoms with Crippen LogP contribution in [0, 0.1) is 0 Å². The van der Waals surface area contributed by atoms with Crippen LogP contribution in [-0.2, 0) is 11.2 Å². The van der Waals surface area contributed by atoms with Gasteiger partial charge in [0.25, 0.3) is 0 Å². The Hall–Kier alpha value is -1.46. The summed E-state index contributed by atoms with van der Waals surface area (Å²) in [6.45, 7) is 5.36. The molecule has 0 atom stereocenters. The number of likely N-dealkylation sites (N-methyl/N-ethyl adjacent to an activating group) is 1. The molecular formula is C15H21N3O2. The third kappa shape index (κ3) is 1.84. The molecule has 5 nitrogen and oxygen atoms in total. The number of anilines is 2. The summed E-state index contributed by atoms with van der Waals surface area (Å²) < 4.78 is 11.6. The van der Waals surface area contributed by atoms with Crippen LogP contribution in [-0.4, -0.2) is 56.9 Å². The van der Waals surface area contributed by atoms with Crippen molar-refractivity contribution in [1.29, 1.82) is 0 Å². The van der Waals surface area contributed by atoms with Crippen LogP contribution in [0.5, 0.6) is 5.75 Å². The van der Waals surface area contributed by atoms with E-state index < -0.39 is 0 Å². The third-order valence-electron chi connectivity index (χ3n) is 4.52. The first-order valence-corrected chi connectivity index (χ1v) is 7.28. The minimum atomic E-state index is 0.00710. The largest absolute Gasteiger partial charge is 0.484 e. The summed E-state index contributed by atoms with van der Waals surface area (Å²) in [5, 5.41) is 0. The predicted molar refractivity (Wildman–Crippen MR) is 78.4 cm³/mol. The van der Waals surface area contributed by atoms with Gasteiger partial charge in [-0.3, -0.25) is 4.90 Å². The average molecular weight is 275 g/mol. The number of nitrogens with two attached hydrogens (primary N) is 1. The maximum Gasteiger partial charge on any atom is 0.138 e. The summed E-state index contributed by atoms with van der Waals surface area (Å²) >= 11 is 0. The molecule has 4 rings (SSSR count). The van der Waals surface area contributed by atoms with E-state index in [1.165, 1.54) is 5.56 Å². The van der Waals surface area contributed by atoms with Gasteiger partial charge in [-0.25, -0.2) is 0 Å². The van der Waals surface area contributed by atoms with Crippen LogP contribution in [0.3, 0.4) is 0 Å². The molecule has 3 aliphatic rings. The molecule has 5 heteroatoms. The second kappa shape index (κ2) is 4.27. The first-order valence-electron chi connectivity index (χ1n) is 7.28. The first-order chi connectivity index (χ1) is 9.65. The smallest absolute Gasteiger partial charge is 0.138 e. The van der Waals surface area contributed by atoms with Crippen LogP contribution in [0.15, 0.2) is 12.1 Å². The van der Waals surface area contributed by atoms with Gasteiger partial charge in [-0.15, -0.1) is 0 Å². The number of morpholine rings is 1. The summed E-state index contributed by atoms with van der Waals surface area (Å²) in [5.74, 6) is 1.02. The minimum Gasteiger partial charge on any atom is -0.484 e. The maximum atomic E-state index is 6.25. The van der Waals surface area contributed by atoms with E-state index in [2.05, 4.69) is 29.0 Å². The molecule has 0 bridgehead atoms. The lowest BCUT2D eigenvalue weighted by Gasteiger charge is -2.44. The van der Waals surface area contributed by atoms with Crippen LogP contribution in [0.4, 0.5) is 11.4 Å². The fourth-order valence-electron chi connectivity index (χ4n) is 3.67. The summed E-state index contributed by atoms with van der Waals surface area (Å²) in [6.07, 6.45) is 0.986. The molecule has 3 heterocycles. The Balaban J connectivity index is 1.62. The van der Waals surface area contributed by atoms with Gasteiger partial charge >= 0.3 is 0 Å². The zero-order valence-electron chi connectivity index (χ0n) is 11.9. The van der Waals surface area contributed by atoms with Gasteiger partial charge in [-0.05, 0) is 13.1 Å². The molecule has 0 unspecified atom stereocenters. The van der Waals surface area contributed by atoms with Crippen molar-refractivity contribution in [2.24, 2.45) is 0 Å². The van der Waals surface area contributed by atoms with E-state index in [9.17, 15) is 0 Å². The van der Waals surface area contributed by atoms with Gasteiger partial charge < -0.3 is 20.1 Å². The van der Waals surface area contributed by atoms with Gasteiger partial charge in [0.2, 0.25) is 0 Å². The Kier molecular flexibility index (Phi) is 2.62. The van der Waals surface area contributed by atoms with E-state index in [4.69, 9.17) is 15.2 Å². The normalized spacial score (nSPS) is 24.4. The lowest BCUT2D eigenvalue weighted by Crippen LogP contribution is -2.62. The number of nitrogen functional groups attached to an aromatic ring is 1.